The van der Waals surface area contributed by atoms with Crippen LogP contribution in [0.15, 0.2) is 95.8 Å². The van der Waals surface area contributed by atoms with Gasteiger partial charge in [0.05, 0.1) is 0 Å². The molecule has 0 aliphatic carbocycles. The average molecular weight is 620 g/mol. The second-order valence-corrected chi connectivity index (χ2v) is 13.1. The highest BCUT2D eigenvalue weighted by Gasteiger charge is 2.33. The smallest absolute Gasteiger partial charge is 0.318 e. The molecule has 8 heteroatoms. The van der Waals surface area contributed by atoms with Crippen molar-refractivity contribution in [3.05, 3.63) is 113 Å². The van der Waals surface area contributed by atoms with Crippen LogP contribution in [-0.2, 0) is 11.3 Å². The first kappa shape index (κ1) is 30.6. The third kappa shape index (κ3) is 6.97. The van der Waals surface area contributed by atoms with Gasteiger partial charge in [-0.2, -0.15) is 11.3 Å². The molecular weight excluding hydrogens is 579 g/mol. The summed E-state index contributed by atoms with van der Waals surface area (Å²) in [7, 11) is 4.06. The number of thiophene rings is 1. The first-order chi connectivity index (χ1) is 21.9. The van der Waals surface area contributed by atoms with Crippen LogP contribution >= 0.6 is 11.3 Å². The van der Waals surface area contributed by atoms with Gasteiger partial charge < -0.3 is 25.4 Å². The van der Waals surface area contributed by atoms with Crippen LogP contribution in [0.1, 0.15) is 48.3 Å². The van der Waals surface area contributed by atoms with Crippen LogP contribution in [0.2, 0.25) is 0 Å². The van der Waals surface area contributed by atoms with Gasteiger partial charge in [0.15, 0.2) is 0 Å². The molecular formula is C37H41N5O2S. The summed E-state index contributed by atoms with van der Waals surface area (Å²) in [6, 6.07) is 25.9. The second-order valence-electron chi connectivity index (χ2n) is 12.3. The van der Waals surface area contributed by atoms with Crippen LogP contribution in [0.4, 0.5) is 10.5 Å². The van der Waals surface area contributed by atoms with E-state index in [0.717, 1.165) is 58.2 Å². The van der Waals surface area contributed by atoms with Crippen molar-refractivity contribution in [1.82, 2.24) is 20.1 Å². The molecule has 0 unspecified atom stereocenters. The Hall–Kier alpha value is -4.40. The highest BCUT2D eigenvalue weighted by atomic mass is 32.1. The van der Waals surface area contributed by atoms with E-state index in [1.54, 1.807) is 11.3 Å². The SMILES string of the molecule is C[C@@H](c1c[nH]c2ccccc12)[C@@H](NC(=O)N1CCC(c2ccccc2)CC1)C(=O)Nc1cc(CN(C)C)ccc1-c1ccsc1. The van der Waals surface area contributed by atoms with E-state index in [2.05, 4.69) is 80.5 Å². The van der Waals surface area contributed by atoms with Crippen molar-refractivity contribution in [3.63, 3.8) is 0 Å². The Bertz CT molecular complexity index is 1740. The van der Waals surface area contributed by atoms with E-state index in [0.29, 0.717) is 19.0 Å². The number of piperidine rings is 1. The number of urea groups is 1. The summed E-state index contributed by atoms with van der Waals surface area (Å²) < 4.78 is 0. The topological polar surface area (TPSA) is 80.5 Å². The van der Waals surface area contributed by atoms with E-state index in [1.807, 2.05) is 61.8 Å². The Morgan fingerprint density at radius 3 is 2.49 bits per heavy atom. The van der Waals surface area contributed by atoms with E-state index >= 15 is 0 Å². The van der Waals surface area contributed by atoms with Crippen LogP contribution < -0.4 is 10.6 Å². The van der Waals surface area contributed by atoms with E-state index < -0.39 is 6.04 Å². The Kier molecular flexibility index (Phi) is 9.33. The van der Waals surface area contributed by atoms with E-state index in [9.17, 15) is 9.59 Å². The standard InChI is InChI=1S/C37H41N5O2S/c1-25(32-22-38-33-12-8-7-11-31(32)33)35(40-37(44)42-18-15-28(16-19-42)27-9-5-4-6-10-27)36(43)39-34-21-26(23-41(2)3)13-14-30(34)29-17-20-45-24-29/h4-14,17,20-22,24-25,28,35,38H,15-16,18-19,23H2,1-3H3,(H,39,43)(H,40,44)/t25-,35+/m0/s1. The number of rotatable bonds is 9. The van der Waals surface area contributed by atoms with Crippen molar-refractivity contribution < 1.29 is 9.59 Å². The van der Waals surface area contributed by atoms with Crippen molar-refractivity contribution in [2.75, 3.05) is 32.5 Å². The quantitative estimate of drug-likeness (QED) is 0.159. The predicted molar refractivity (Wildman–Crippen MR) is 185 cm³/mol. The first-order valence-corrected chi connectivity index (χ1v) is 16.6. The molecule has 1 fully saturated rings. The van der Waals surface area contributed by atoms with E-state index in [4.69, 9.17) is 0 Å². The summed E-state index contributed by atoms with van der Waals surface area (Å²) in [5, 5.41) is 11.6. The molecule has 1 aliphatic rings. The molecule has 0 saturated carbocycles. The normalized spacial score (nSPS) is 15.2. The molecule has 0 bridgehead atoms. The van der Waals surface area contributed by atoms with E-state index in [1.165, 1.54) is 5.56 Å². The number of anilines is 1. The maximum atomic E-state index is 14.3. The molecule has 45 heavy (non-hydrogen) atoms. The second kappa shape index (κ2) is 13.7. The largest absolute Gasteiger partial charge is 0.361 e. The fraction of sp³-hybridized carbons (Fsp3) is 0.297. The summed E-state index contributed by atoms with van der Waals surface area (Å²) in [5.74, 6) is -0.0928. The molecule has 0 spiro atoms. The molecule has 1 aliphatic heterocycles. The van der Waals surface area contributed by atoms with E-state index in [-0.39, 0.29) is 17.9 Å². The molecule has 3 aromatic carbocycles. The van der Waals surface area contributed by atoms with Crippen LogP contribution in [0.25, 0.3) is 22.0 Å². The zero-order valence-electron chi connectivity index (χ0n) is 26.1. The van der Waals surface area contributed by atoms with Gasteiger partial charge in [0, 0.05) is 53.9 Å². The minimum atomic E-state index is -0.795. The van der Waals surface area contributed by atoms with Gasteiger partial charge in [-0.15, -0.1) is 0 Å². The van der Waals surface area contributed by atoms with Crippen molar-refractivity contribution in [2.45, 2.75) is 44.2 Å². The summed E-state index contributed by atoms with van der Waals surface area (Å²) in [6.07, 6.45) is 3.76. The van der Waals surface area contributed by atoms with Gasteiger partial charge in [-0.05, 0) is 84.1 Å². The summed E-state index contributed by atoms with van der Waals surface area (Å²) in [4.78, 5) is 35.4. The van der Waals surface area contributed by atoms with Crippen LogP contribution in [0.5, 0.6) is 0 Å². The van der Waals surface area contributed by atoms with Gasteiger partial charge in [0.25, 0.3) is 0 Å². The maximum absolute atomic E-state index is 14.3. The number of nitrogens with zero attached hydrogens (tertiary/aromatic N) is 2. The van der Waals surface area contributed by atoms with Crippen LogP contribution in [0, 0.1) is 0 Å². The third-order valence-electron chi connectivity index (χ3n) is 8.90. The average Bonchev–Trinajstić information content (AvgIpc) is 3.74. The number of benzene rings is 3. The minimum Gasteiger partial charge on any atom is -0.361 e. The molecule has 3 N–H and O–H groups in total. The predicted octanol–water partition coefficient (Wildman–Crippen LogP) is 7.66. The number of para-hydroxylation sites is 1. The van der Waals surface area contributed by atoms with Crippen LogP contribution in [-0.4, -0.2) is 59.9 Å². The monoisotopic (exact) mass is 619 g/mol. The zero-order valence-corrected chi connectivity index (χ0v) is 26.9. The van der Waals surface area contributed by atoms with Crippen molar-refractivity contribution in [1.29, 1.82) is 0 Å². The Morgan fingerprint density at radius 2 is 1.76 bits per heavy atom. The molecule has 1 saturated heterocycles. The van der Waals surface area contributed by atoms with Gasteiger partial charge in [-0.3, -0.25) is 4.79 Å². The van der Waals surface area contributed by atoms with Gasteiger partial charge in [-0.25, -0.2) is 4.79 Å². The fourth-order valence-electron chi connectivity index (χ4n) is 6.47. The third-order valence-corrected chi connectivity index (χ3v) is 9.58. The highest BCUT2D eigenvalue weighted by molar-refractivity contribution is 7.08. The van der Waals surface area contributed by atoms with Crippen molar-refractivity contribution in [3.8, 4) is 11.1 Å². The molecule has 2 aromatic heterocycles. The number of carbonyl (C=O) groups excluding carboxylic acids is 2. The molecule has 3 amide bonds. The zero-order chi connectivity index (χ0) is 31.3. The summed E-state index contributed by atoms with van der Waals surface area (Å²) >= 11 is 1.62. The Balaban J connectivity index is 1.27. The lowest BCUT2D eigenvalue weighted by Crippen LogP contribution is -2.53. The lowest BCUT2D eigenvalue weighted by molar-refractivity contribution is -0.118. The number of hydrogen-bond acceptors (Lipinski definition) is 4. The number of fused-ring (bicyclic) bond motifs is 1. The number of nitrogens with one attached hydrogen (secondary N) is 3. The summed E-state index contributed by atoms with van der Waals surface area (Å²) in [6.45, 7) is 4.06. The van der Waals surface area contributed by atoms with Crippen LogP contribution in [0.3, 0.4) is 0 Å². The molecule has 2 atom stereocenters. The van der Waals surface area contributed by atoms with Crippen molar-refractivity contribution in [2.24, 2.45) is 0 Å². The lowest BCUT2D eigenvalue weighted by Gasteiger charge is -2.34. The highest BCUT2D eigenvalue weighted by Crippen LogP contribution is 2.33. The van der Waals surface area contributed by atoms with Gasteiger partial charge in [0.1, 0.15) is 6.04 Å². The van der Waals surface area contributed by atoms with Gasteiger partial charge in [-0.1, -0.05) is 67.6 Å². The number of likely N-dealkylation sites (tertiary alicyclic amines) is 1. The molecule has 7 nitrogen and oxygen atoms in total. The van der Waals surface area contributed by atoms with Crippen molar-refractivity contribution >= 4 is 39.9 Å². The molecule has 5 aromatic rings. The Labute approximate surface area is 269 Å². The molecule has 6 rings (SSSR count). The lowest BCUT2D eigenvalue weighted by atomic mass is 9.89. The summed E-state index contributed by atoms with van der Waals surface area (Å²) in [5.41, 5.74) is 7.17. The maximum Gasteiger partial charge on any atom is 0.318 e. The number of amides is 3. The number of H-pyrrole nitrogens is 1. The van der Waals surface area contributed by atoms with Gasteiger partial charge >= 0.3 is 6.03 Å². The molecule has 0 radical (unpaired) electrons. The number of hydrogen-bond donors (Lipinski definition) is 3. The molecule has 3 heterocycles. The number of aromatic amines is 1. The fourth-order valence-corrected chi connectivity index (χ4v) is 7.13. The van der Waals surface area contributed by atoms with Gasteiger partial charge in [0.2, 0.25) is 5.91 Å². The molecule has 232 valence electrons. The first-order valence-electron chi connectivity index (χ1n) is 15.6. The Morgan fingerprint density at radius 1 is 1.00 bits per heavy atom. The number of aromatic nitrogens is 1. The minimum absolute atomic E-state index is 0.201. The number of carbonyl (C=O) groups is 2.